The zero-order chi connectivity index (χ0) is 24.9. The quantitative estimate of drug-likeness (QED) is 0.411. The molecule has 2 amide bonds. The number of para-hydroxylation sites is 1. The number of nitrogens with zero attached hydrogens (tertiary/aromatic N) is 2. The number of anilines is 2. The molecule has 2 N–H and O–H groups in total. The van der Waals surface area contributed by atoms with Gasteiger partial charge in [-0.3, -0.25) is 9.59 Å². The molecule has 6 nitrogen and oxygen atoms in total. The molecule has 35 heavy (non-hydrogen) atoms. The molecule has 0 radical (unpaired) electrons. The molecule has 0 spiro atoms. The fourth-order valence-corrected chi connectivity index (χ4v) is 4.85. The molecule has 0 aromatic heterocycles. The summed E-state index contributed by atoms with van der Waals surface area (Å²) >= 11 is 13.4. The number of benzene rings is 3. The van der Waals surface area contributed by atoms with Gasteiger partial charge in [-0.25, -0.2) is 0 Å². The van der Waals surface area contributed by atoms with Crippen molar-refractivity contribution in [1.29, 1.82) is 5.26 Å². The van der Waals surface area contributed by atoms with Crippen LogP contribution in [-0.4, -0.2) is 17.6 Å². The first kappa shape index (κ1) is 24.7. The number of rotatable bonds is 6. The molecule has 1 aliphatic rings. The maximum atomic E-state index is 12.9. The van der Waals surface area contributed by atoms with Gasteiger partial charge < -0.3 is 15.5 Å². The van der Waals surface area contributed by atoms with Gasteiger partial charge in [0.1, 0.15) is 22.8 Å². The number of carbonyl (C=O) groups excluding carboxylic acids is 2. The van der Waals surface area contributed by atoms with Crippen LogP contribution in [0.2, 0.25) is 10.0 Å². The molecule has 9 heteroatoms. The standard InChI is InChI=1S/C26H20Cl2N4O2S/c1-16-7-12-19(13-22(16)28)30-23(33)15-35-26-21(14-29)25(34)31-24(17-8-10-18(27)11-9-17)32(26)20-5-3-2-4-6-20/h2-13,24H,15H2,1H3,(H,30,33)(H,31,34)/t24-/m0/s1. The molecule has 176 valence electrons. The molecule has 0 aliphatic carbocycles. The zero-order valence-electron chi connectivity index (χ0n) is 18.6. The second kappa shape index (κ2) is 10.9. The zero-order valence-corrected chi connectivity index (χ0v) is 20.9. The average molecular weight is 523 g/mol. The van der Waals surface area contributed by atoms with Crippen LogP contribution >= 0.6 is 35.0 Å². The molecule has 0 saturated carbocycles. The lowest BCUT2D eigenvalue weighted by molar-refractivity contribution is -0.118. The molecule has 1 atom stereocenters. The van der Waals surface area contributed by atoms with E-state index in [1.54, 1.807) is 24.3 Å². The Hall–Kier alpha value is -3.44. The van der Waals surface area contributed by atoms with Crippen molar-refractivity contribution in [2.45, 2.75) is 13.1 Å². The minimum atomic E-state index is -0.597. The third kappa shape index (κ3) is 5.63. The number of halogens is 2. The van der Waals surface area contributed by atoms with Gasteiger partial charge in [0.2, 0.25) is 5.91 Å². The molecule has 0 saturated heterocycles. The summed E-state index contributed by atoms with van der Waals surface area (Å²) in [5.74, 6) is -0.815. The van der Waals surface area contributed by atoms with Crippen LogP contribution in [0.4, 0.5) is 11.4 Å². The Kier molecular flexibility index (Phi) is 7.67. The van der Waals surface area contributed by atoms with E-state index in [1.165, 1.54) is 0 Å². The molecular formula is C26H20Cl2N4O2S. The van der Waals surface area contributed by atoms with Crippen LogP contribution in [0.25, 0.3) is 0 Å². The first-order chi connectivity index (χ1) is 16.9. The van der Waals surface area contributed by atoms with Gasteiger partial charge in [-0.1, -0.05) is 71.4 Å². The highest BCUT2D eigenvalue weighted by molar-refractivity contribution is 8.03. The third-order valence-corrected chi connectivity index (χ3v) is 7.05. The van der Waals surface area contributed by atoms with E-state index in [-0.39, 0.29) is 17.2 Å². The summed E-state index contributed by atoms with van der Waals surface area (Å²) in [5, 5.41) is 17.0. The summed E-state index contributed by atoms with van der Waals surface area (Å²) < 4.78 is 0. The van der Waals surface area contributed by atoms with Gasteiger partial charge >= 0.3 is 0 Å². The SMILES string of the molecule is Cc1ccc(NC(=O)CSC2=C(C#N)C(=O)N[C@H](c3ccc(Cl)cc3)N2c2ccccc2)cc1Cl. The van der Waals surface area contributed by atoms with E-state index >= 15 is 0 Å². The van der Waals surface area contributed by atoms with Crippen molar-refractivity contribution >= 4 is 58.2 Å². The number of hydrogen-bond acceptors (Lipinski definition) is 5. The predicted molar refractivity (Wildman–Crippen MR) is 141 cm³/mol. The Balaban J connectivity index is 1.66. The highest BCUT2D eigenvalue weighted by Crippen LogP contribution is 2.39. The molecular weight excluding hydrogens is 503 g/mol. The number of hydrogen-bond donors (Lipinski definition) is 2. The molecule has 3 aromatic carbocycles. The molecule has 4 rings (SSSR count). The smallest absolute Gasteiger partial charge is 0.266 e. The van der Waals surface area contributed by atoms with Gasteiger partial charge in [0, 0.05) is 21.4 Å². The minimum absolute atomic E-state index is 0.0179. The van der Waals surface area contributed by atoms with Crippen molar-refractivity contribution in [3.63, 3.8) is 0 Å². The Morgan fingerprint density at radius 1 is 1.11 bits per heavy atom. The number of carbonyl (C=O) groups is 2. The number of amides is 2. The highest BCUT2D eigenvalue weighted by Gasteiger charge is 2.36. The van der Waals surface area contributed by atoms with E-state index in [9.17, 15) is 14.9 Å². The van der Waals surface area contributed by atoms with E-state index in [0.29, 0.717) is 20.8 Å². The van der Waals surface area contributed by atoms with E-state index in [4.69, 9.17) is 23.2 Å². The van der Waals surface area contributed by atoms with Crippen LogP contribution in [-0.2, 0) is 9.59 Å². The van der Waals surface area contributed by atoms with E-state index < -0.39 is 12.1 Å². The first-order valence-corrected chi connectivity index (χ1v) is 12.4. The van der Waals surface area contributed by atoms with Crippen LogP contribution in [0.1, 0.15) is 17.3 Å². The van der Waals surface area contributed by atoms with Crippen LogP contribution in [0.5, 0.6) is 0 Å². The van der Waals surface area contributed by atoms with Gasteiger partial charge in [-0.05, 0) is 54.4 Å². The highest BCUT2D eigenvalue weighted by atomic mass is 35.5. The van der Waals surface area contributed by atoms with Crippen LogP contribution in [0.15, 0.2) is 83.4 Å². The van der Waals surface area contributed by atoms with Gasteiger partial charge in [0.25, 0.3) is 5.91 Å². The lowest BCUT2D eigenvalue weighted by atomic mass is 10.1. The number of aryl methyl sites for hydroxylation is 1. The molecule has 3 aromatic rings. The van der Waals surface area contributed by atoms with Gasteiger partial charge in [-0.2, -0.15) is 5.26 Å². The summed E-state index contributed by atoms with van der Waals surface area (Å²) in [6.07, 6.45) is -0.597. The molecule has 1 heterocycles. The number of nitriles is 1. The van der Waals surface area contributed by atoms with Crippen molar-refractivity contribution < 1.29 is 9.59 Å². The monoisotopic (exact) mass is 522 g/mol. The maximum Gasteiger partial charge on any atom is 0.266 e. The topological polar surface area (TPSA) is 85.2 Å². The van der Waals surface area contributed by atoms with Crippen molar-refractivity contribution in [1.82, 2.24) is 5.32 Å². The van der Waals surface area contributed by atoms with Crippen molar-refractivity contribution in [3.8, 4) is 6.07 Å². The Bertz CT molecular complexity index is 1340. The lowest BCUT2D eigenvalue weighted by Crippen LogP contribution is -2.46. The number of thioether (sulfide) groups is 1. The largest absolute Gasteiger partial charge is 0.327 e. The Morgan fingerprint density at radius 2 is 1.83 bits per heavy atom. The van der Waals surface area contributed by atoms with E-state index in [2.05, 4.69) is 10.6 Å². The van der Waals surface area contributed by atoms with Gasteiger partial charge in [-0.15, -0.1) is 0 Å². The fraction of sp³-hybridized carbons (Fsp3) is 0.115. The second-order valence-electron chi connectivity index (χ2n) is 7.73. The van der Waals surface area contributed by atoms with Gasteiger partial charge in [0.15, 0.2) is 0 Å². The van der Waals surface area contributed by atoms with Crippen LogP contribution < -0.4 is 15.5 Å². The average Bonchev–Trinajstić information content (AvgIpc) is 2.85. The summed E-state index contributed by atoms with van der Waals surface area (Å²) in [4.78, 5) is 27.5. The van der Waals surface area contributed by atoms with Crippen LogP contribution in [0, 0.1) is 18.3 Å². The summed E-state index contributed by atoms with van der Waals surface area (Å²) in [5.41, 5.74) is 2.95. The van der Waals surface area contributed by atoms with Crippen LogP contribution in [0.3, 0.4) is 0 Å². The summed E-state index contributed by atoms with van der Waals surface area (Å²) in [7, 11) is 0. The normalized spacial score (nSPS) is 15.4. The predicted octanol–water partition coefficient (Wildman–Crippen LogP) is 6.04. The molecule has 0 bridgehead atoms. The molecule has 1 aliphatic heterocycles. The summed E-state index contributed by atoms with van der Waals surface area (Å²) in [6.45, 7) is 1.88. The second-order valence-corrected chi connectivity index (χ2v) is 9.53. The molecule has 0 fully saturated rings. The van der Waals surface area contributed by atoms with Crippen molar-refractivity contribution in [3.05, 3.63) is 105 Å². The van der Waals surface area contributed by atoms with Gasteiger partial charge in [0.05, 0.1) is 5.75 Å². The number of nitrogens with one attached hydrogen (secondary N) is 2. The molecule has 0 unspecified atom stereocenters. The third-order valence-electron chi connectivity index (χ3n) is 5.31. The van der Waals surface area contributed by atoms with E-state index in [1.807, 2.05) is 66.4 Å². The first-order valence-electron chi connectivity index (χ1n) is 10.6. The lowest BCUT2D eigenvalue weighted by Gasteiger charge is -2.39. The summed E-state index contributed by atoms with van der Waals surface area (Å²) in [6, 6.07) is 23.8. The Morgan fingerprint density at radius 3 is 2.49 bits per heavy atom. The minimum Gasteiger partial charge on any atom is -0.327 e. The van der Waals surface area contributed by atoms with Crippen molar-refractivity contribution in [2.75, 3.05) is 16.0 Å². The Labute approximate surface area is 217 Å². The maximum absolute atomic E-state index is 12.9. The van der Waals surface area contributed by atoms with Crippen molar-refractivity contribution in [2.24, 2.45) is 0 Å². The van der Waals surface area contributed by atoms with E-state index in [0.717, 1.165) is 28.6 Å². The fourth-order valence-electron chi connectivity index (χ4n) is 3.57.